The second-order valence-electron chi connectivity index (χ2n) is 4.54. The fourth-order valence-electron chi connectivity index (χ4n) is 2.69. The molecule has 2 heterocycles. The molecule has 94 valence electrons. The van der Waals surface area contributed by atoms with Crippen molar-refractivity contribution in [1.82, 2.24) is 14.9 Å². The zero-order valence-electron chi connectivity index (χ0n) is 10.5. The molecule has 1 aromatic carbocycles. The van der Waals surface area contributed by atoms with Crippen molar-refractivity contribution in [2.24, 2.45) is 0 Å². The summed E-state index contributed by atoms with van der Waals surface area (Å²) in [6, 6.07) is 8.47. The van der Waals surface area contributed by atoms with Crippen LogP contribution in [0, 0.1) is 0 Å². The van der Waals surface area contributed by atoms with Gasteiger partial charge in [0.1, 0.15) is 0 Å². The fraction of sp³-hybridized carbons (Fsp3) is 0.357. The van der Waals surface area contributed by atoms with Gasteiger partial charge in [0, 0.05) is 24.5 Å². The number of hydrogen-bond acceptors (Lipinski definition) is 3. The fourth-order valence-corrected chi connectivity index (χ4v) is 2.69. The van der Waals surface area contributed by atoms with E-state index in [1.54, 1.807) is 6.20 Å². The lowest BCUT2D eigenvalue weighted by Gasteiger charge is -2.40. The molecule has 0 fully saturated rings. The van der Waals surface area contributed by atoms with Crippen LogP contribution in [-0.4, -0.2) is 29.8 Å². The van der Waals surface area contributed by atoms with E-state index in [4.69, 9.17) is 4.74 Å². The molecule has 3 rings (SSSR count). The zero-order chi connectivity index (χ0) is 12.4. The number of benzene rings is 1. The molecule has 0 saturated carbocycles. The minimum atomic E-state index is -0.472. The van der Waals surface area contributed by atoms with Gasteiger partial charge in [0.2, 0.25) is 0 Å². The number of likely N-dealkylation sites (N-methyl/N-ethyl adjacent to an activating group) is 1. The maximum absolute atomic E-state index is 6.14. The monoisotopic (exact) mass is 243 g/mol. The molecule has 1 aromatic heterocycles. The van der Waals surface area contributed by atoms with Gasteiger partial charge in [-0.3, -0.25) is 0 Å². The van der Waals surface area contributed by atoms with E-state index in [0.29, 0.717) is 0 Å². The molecule has 18 heavy (non-hydrogen) atoms. The minimum Gasteiger partial charge on any atom is -0.349 e. The van der Waals surface area contributed by atoms with Gasteiger partial charge < -0.3 is 14.6 Å². The first-order valence-electron chi connectivity index (χ1n) is 6.22. The molecule has 1 atom stereocenters. The highest BCUT2D eigenvalue weighted by Crippen LogP contribution is 2.34. The molecule has 1 aliphatic heterocycles. The Balaban J connectivity index is 2.17. The first-order valence-corrected chi connectivity index (χ1v) is 6.22. The standard InChI is InChI=1S/C14H17N3O/c1-15-10-14(17-8-7-16-11-17)13-5-3-2-4-12(13)6-9-18-14/h2-5,7-8,11,15H,6,9-10H2,1H3/t14-/m1/s1. The maximum Gasteiger partial charge on any atom is 0.184 e. The second kappa shape index (κ2) is 4.55. The zero-order valence-corrected chi connectivity index (χ0v) is 10.5. The van der Waals surface area contributed by atoms with Crippen LogP contribution in [0.25, 0.3) is 0 Å². The van der Waals surface area contributed by atoms with E-state index in [2.05, 4.69) is 34.6 Å². The van der Waals surface area contributed by atoms with E-state index >= 15 is 0 Å². The molecule has 0 bridgehead atoms. The molecule has 1 aliphatic rings. The number of nitrogens with one attached hydrogen (secondary N) is 1. The van der Waals surface area contributed by atoms with E-state index < -0.39 is 5.72 Å². The van der Waals surface area contributed by atoms with Crippen molar-refractivity contribution in [3.8, 4) is 0 Å². The Labute approximate surface area is 107 Å². The lowest BCUT2D eigenvalue weighted by atomic mass is 9.92. The van der Waals surface area contributed by atoms with Crippen molar-refractivity contribution < 1.29 is 4.74 Å². The number of imidazole rings is 1. The topological polar surface area (TPSA) is 39.1 Å². The average molecular weight is 243 g/mol. The highest BCUT2D eigenvalue weighted by molar-refractivity contribution is 5.35. The summed E-state index contributed by atoms with van der Waals surface area (Å²) in [5.74, 6) is 0. The summed E-state index contributed by atoms with van der Waals surface area (Å²) in [6.45, 7) is 1.46. The Morgan fingerprint density at radius 2 is 2.33 bits per heavy atom. The van der Waals surface area contributed by atoms with Crippen LogP contribution in [0.3, 0.4) is 0 Å². The van der Waals surface area contributed by atoms with E-state index in [-0.39, 0.29) is 0 Å². The Morgan fingerprint density at radius 1 is 1.44 bits per heavy atom. The maximum atomic E-state index is 6.14. The summed E-state index contributed by atoms with van der Waals surface area (Å²) in [4.78, 5) is 4.15. The smallest absolute Gasteiger partial charge is 0.184 e. The lowest BCUT2D eigenvalue weighted by molar-refractivity contribution is -0.0806. The molecule has 0 saturated heterocycles. The summed E-state index contributed by atoms with van der Waals surface area (Å²) < 4.78 is 8.18. The number of nitrogens with zero attached hydrogens (tertiary/aromatic N) is 2. The van der Waals surface area contributed by atoms with Gasteiger partial charge in [0.25, 0.3) is 0 Å². The first-order chi connectivity index (χ1) is 8.87. The van der Waals surface area contributed by atoms with Crippen LogP contribution in [0.15, 0.2) is 43.0 Å². The van der Waals surface area contributed by atoms with Gasteiger partial charge in [-0.25, -0.2) is 4.98 Å². The number of rotatable bonds is 3. The molecular weight excluding hydrogens is 226 g/mol. The van der Waals surface area contributed by atoms with Crippen LogP contribution < -0.4 is 5.32 Å². The van der Waals surface area contributed by atoms with E-state index in [0.717, 1.165) is 19.6 Å². The summed E-state index contributed by atoms with van der Waals surface area (Å²) in [5.41, 5.74) is 2.11. The molecule has 0 spiro atoms. The minimum absolute atomic E-state index is 0.472. The van der Waals surface area contributed by atoms with Crippen LogP contribution in [0.1, 0.15) is 11.1 Å². The SMILES string of the molecule is CNC[C@@]1(n2ccnc2)OCCc2ccccc21. The first kappa shape index (κ1) is 11.4. The van der Waals surface area contributed by atoms with Gasteiger partial charge in [0.05, 0.1) is 12.9 Å². The van der Waals surface area contributed by atoms with E-state index in [1.807, 2.05) is 24.1 Å². The largest absolute Gasteiger partial charge is 0.349 e. The number of ether oxygens (including phenoxy) is 1. The van der Waals surface area contributed by atoms with Gasteiger partial charge in [-0.1, -0.05) is 24.3 Å². The highest BCUT2D eigenvalue weighted by atomic mass is 16.5. The normalized spacial score (nSPS) is 22.7. The third-order valence-electron chi connectivity index (χ3n) is 3.49. The van der Waals surface area contributed by atoms with Crippen LogP contribution in [-0.2, 0) is 16.9 Å². The summed E-state index contributed by atoms with van der Waals surface area (Å²) in [7, 11) is 1.94. The summed E-state index contributed by atoms with van der Waals surface area (Å²) in [5, 5.41) is 3.23. The predicted octanol–water partition coefficient (Wildman–Crippen LogP) is 1.38. The van der Waals surface area contributed by atoms with Crippen molar-refractivity contribution in [3.05, 3.63) is 54.1 Å². The third kappa shape index (κ3) is 1.65. The molecule has 4 heteroatoms. The van der Waals surface area contributed by atoms with Crippen LogP contribution in [0.4, 0.5) is 0 Å². The number of fused-ring (bicyclic) bond motifs is 1. The average Bonchev–Trinajstić information content (AvgIpc) is 2.94. The van der Waals surface area contributed by atoms with Gasteiger partial charge in [-0.2, -0.15) is 0 Å². The van der Waals surface area contributed by atoms with Crippen molar-refractivity contribution >= 4 is 0 Å². The summed E-state index contributed by atoms with van der Waals surface area (Å²) in [6.07, 6.45) is 6.53. The molecule has 0 unspecified atom stereocenters. The molecule has 0 aliphatic carbocycles. The van der Waals surface area contributed by atoms with Gasteiger partial charge >= 0.3 is 0 Å². The molecule has 2 aromatic rings. The van der Waals surface area contributed by atoms with Crippen LogP contribution >= 0.6 is 0 Å². The van der Waals surface area contributed by atoms with Crippen molar-refractivity contribution in [1.29, 1.82) is 0 Å². The predicted molar refractivity (Wildman–Crippen MR) is 69.3 cm³/mol. The van der Waals surface area contributed by atoms with E-state index in [1.165, 1.54) is 11.1 Å². The van der Waals surface area contributed by atoms with Crippen LogP contribution in [0.5, 0.6) is 0 Å². The van der Waals surface area contributed by atoms with Gasteiger partial charge in [-0.15, -0.1) is 0 Å². The Morgan fingerprint density at radius 3 is 3.11 bits per heavy atom. The van der Waals surface area contributed by atoms with Crippen molar-refractivity contribution in [2.45, 2.75) is 12.1 Å². The van der Waals surface area contributed by atoms with E-state index in [9.17, 15) is 0 Å². The van der Waals surface area contributed by atoms with Crippen molar-refractivity contribution in [2.75, 3.05) is 20.2 Å². The Bertz CT molecular complexity index is 524. The molecule has 0 radical (unpaired) electrons. The number of aromatic nitrogens is 2. The van der Waals surface area contributed by atoms with Crippen molar-refractivity contribution in [3.63, 3.8) is 0 Å². The van der Waals surface area contributed by atoms with Gasteiger partial charge in [0.15, 0.2) is 5.72 Å². The Kier molecular flexibility index (Phi) is 2.89. The second-order valence-corrected chi connectivity index (χ2v) is 4.54. The van der Waals surface area contributed by atoms with Gasteiger partial charge in [-0.05, 0) is 19.0 Å². The molecule has 4 nitrogen and oxygen atoms in total. The summed E-state index contributed by atoms with van der Waals surface area (Å²) >= 11 is 0. The molecule has 0 amide bonds. The molecular formula is C14H17N3O. The van der Waals surface area contributed by atoms with Crippen LogP contribution in [0.2, 0.25) is 0 Å². The quantitative estimate of drug-likeness (QED) is 0.885. The highest BCUT2D eigenvalue weighted by Gasteiger charge is 2.38. The lowest BCUT2D eigenvalue weighted by Crippen LogP contribution is -2.48. The molecule has 1 N–H and O–H groups in total. The third-order valence-corrected chi connectivity index (χ3v) is 3.49. The number of hydrogen-bond donors (Lipinski definition) is 1. The Hall–Kier alpha value is -1.65.